The number of nitrogens with zero attached hydrogens (tertiary/aromatic N) is 1. The van der Waals surface area contributed by atoms with E-state index in [2.05, 4.69) is 5.32 Å². The number of benzene rings is 2. The molecule has 4 nitrogen and oxygen atoms in total. The molecule has 0 aliphatic rings. The summed E-state index contributed by atoms with van der Waals surface area (Å²) in [5.41, 5.74) is 2.28. The van der Waals surface area contributed by atoms with Crippen molar-refractivity contribution in [1.82, 2.24) is 4.57 Å². The van der Waals surface area contributed by atoms with Crippen LogP contribution >= 0.6 is 0 Å². The van der Waals surface area contributed by atoms with E-state index in [0.717, 1.165) is 16.9 Å². The Morgan fingerprint density at radius 1 is 1.05 bits per heavy atom. The van der Waals surface area contributed by atoms with Gasteiger partial charge in [-0.3, -0.25) is 9.59 Å². The Morgan fingerprint density at radius 2 is 1.73 bits per heavy atom. The molecular formula is C18H16N2O2. The van der Waals surface area contributed by atoms with Crippen LogP contribution in [0.3, 0.4) is 0 Å². The zero-order valence-corrected chi connectivity index (χ0v) is 12.2. The summed E-state index contributed by atoms with van der Waals surface area (Å²) in [6, 6.07) is 18.2. The zero-order valence-electron chi connectivity index (χ0n) is 12.2. The molecule has 1 N–H and O–H groups in total. The number of hydrogen-bond acceptors (Lipinski definition) is 2. The average molecular weight is 292 g/mol. The van der Waals surface area contributed by atoms with Gasteiger partial charge in [0.15, 0.2) is 5.43 Å². The van der Waals surface area contributed by atoms with E-state index < -0.39 is 0 Å². The standard InChI is InChI=1S/C18H16N2O2/c1-13-11-17(21)15-9-5-6-10-16(15)20(13)12-18(22)19-14-7-3-2-4-8-14/h2-11H,12H2,1H3,(H,19,22). The number of nitrogens with one attached hydrogen (secondary N) is 1. The lowest BCUT2D eigenvalue weighted by atomic mass is 10.2. The monoisotopic (exact) mass is 292 g/mol. The molecule has 0 unspecified atom stereocenters. The Hall–Kier alpha value is -2.88. The van der Waals surface area contributed by atoms with Gasteiger partial charge in [-0.05, 0) is 31.2 Å². The number of aromatic nitrogens is 1. The first-order valence-electron chi connectivity index (χ1n) is 7.09. The number of amides is 1. The van der Waals surface area contributed by atoms with Gasteiger partial charge in [0, 0.05) is 22.8 Å². The fourth-order valence-electron chi connectivity index (χ4n) is 2.53. The fourth-order valence-corrected chi connectivity index (χ4v) is 2.53. The van der Waals surface area contributed by atoms with Crippen LogP contribution < -0.4 is 10.7 Å². The van der Waals surface area contributed by atoms with Crippen LogP contribution in [0.15, 0.2) is 65.5 Å². The van der Waals surface area contributed by atoms with E-state index in [9.17, 15) is 9.59 Å². The highest BCUT2D eigenvalue weighted by atomic mass is 16.2. The van der Waals surface area contributed by atoms with Gasteiger partial charge in [-0.2, -0.15) is 0 Å². The summed E-state index contributed by atoms with van der Waals surface area (Å²) in [4.78, 5) is 24.3. The largest absolute Gasteiger partial charge is 0.335 e. The second kappa shape index (κ2) is 5.85. The molecule has 0 aliphatic carbocycles. The average Bonchev–Trinajstić information content (AvgIpc) is 2.52. The van der Waals surface area contributed by atoms with Crippen molar-refractivity contribution in [2.75, 3.05) is 5.32 Å². The summed E-state index contributed by atoms with van der Waals surface area (Å²) in [6.07, 6.45) is 0. The van der Waals surface area contributed by atoms with Crippen LogP contribution in [-0.4, -0.2) is 10.5 Å². The van der Waals surface area contributed by atoms with Crippen molar-refractivity contribution in [2.45, 2.75) is 13.5 Å². The Labute approximate surface area is 128 Å². The Bertz CT molecular complexity index is 882. The first-order valence-corrected chi connectivity index (χ1v) is 7.09. The van der Waals surface area contributed by atoms with Crippen LogP contribution in [0.4, 0.5) is 5.69 Å². The molecule has 0 atom stereocenters. The molecule has 0 spiro atoms. The third-order valence-electron chi connectivity index (χ3n) is 3.59. The van der Waals surface area contributed by atoms with Crippen LogP contribution in [0.5, 0.6) is 0 Å². The molecule has 0 saturated heterocycles. The highest BCUT2D eigenvalue weighted by Crippen LogP contribution is 2.13. The van der Waals surface area contributed by atoms with Crippen LogP contribution in [-0.2, 0) is 11.3 Å². The van der Waals surface area contributed by atoms with Crippen molar-refractivity contribution in [3.05, 3.63) is 76.6 Å². The summed E-state index contributed by atoms with van der Waals surface area (Å²) in [5.74, 6) is -0.122. The molecule has 0 radical (unpaired) electrons. The summed E-state index contributed by atoms with van der Waals surface area (Å²) >= 11 is 0. The van der Waals surface area contributed by atoms with Crippen molar-refractivity contribution in [3.8, 4) is 0 Å². The molecule has 1 aromatic heterocycles. The molecule has 2 aromatic carbocycles. The topological polar surface area (TPSA) is 51.1 Å². The number of pyridine rings is 1. The van der Waals surface area contributed by atoms with E-state index in [-0.39, 0.29) is 17.9 Å². The molecule has 0 fully saturated rings. The van der Waals surface area contributed by atoms with Gasteiger partial charge in [-0.1, -0.05) is 30.3 Å². The van der Waals surface area contributed by atoms with E-state index in [0.29, 0.717) is 5.39 Å². The maximum Gasteiger partial charge on any atom is 0.244 e. The first-order chi connectivity index (χ1) is 10.6. The van der Waals surface area contributed by atoms with Crippen LogP contribution in [0.1, 0.15) is 5.69 Å². The third kappa shape index (κ3) is 2.76. The fraction of sp³-hybridized carbons (Fsp3) is 0.111. The highest BCUT2D eigenvalue weighted by molar-refractivity contribution is 5.91. The molecule has 1 heterocycles. The minimum absolute atomic E-state index is 0.0205. The molecule has 0 aliphatic heterocycles. The summed E-state index contributed by atoms with van der Waals surface area (Å²) in [5, 5.41) is 3.48. The lowest BCUT2D eigenvalue weighted by molar-refractivity contribution is -0.116. The number of hydrogen-bond donors (Lipinski definition) is 1. The number of carbonyl (C=O) groups is 1. The van der Waals surface area contributed by atoms with Crippen LogP contribution in [0.2, 0.25) is 0 Å². The molecule has 3 aromatic rings. The summed E-state index contributed by atoms with van der Waals surface area (Å²) < 4.78 is 1.86. The molecule has 4 heteroatoms. The van der Waals surface area contributed by atoms with Gasteiger partial charge in [-0.15, -0.1) is 0 Å². The van der Waals surface area contributed by atoms with Crippen LogP contribution in [0.25, 0.3) is 10.9 Å². The third-order valence-corrected chi connectivity index (χ3v) is 3.59. The van der Waals surface area contributed by atoms with Crippen molar-refractivity contribution in [1.29, 1.82) is 0 Å². The van der Waals surface area contributed by atoms with Gasteiger partial charge in [0.25, 0.3) is 0 Å². The Balaban J connectivity index is 1.94. The van der Waals surface area contributed by atoms with Crippen molar-refractivity contribution >= 4 is 22.5 Å². The van der Waals surface area contributed by atoms with Gasteiger partial charge in [0.05, 0.1) is 5.52 Å². The van der Waals surface area contributed by atoms with Gasteiger partial charge in [0.2, 0.25) is 5.91 Å². The molecule has 22 heavy (non-hydrogen) atoms. The number of para-hydroxylation sites is 2. The number of aryl methyl sites for hydroxylation is 1. The number of anilines is 1. The maximum absolute atomic E-state index is 12.3. The van der Waals surface area contributed by atoms with E-state index in [1.54, 1.807) is 12.1 Å². The van der Waals surface area contributed by atoms with Gasteiger partial charge < -0.3 is 9.88 Å². The van der Waals surface area contributed by atoms with Crippen molar-refractivity contribution < 1.29 is 4.79 Å². The molecule has 0 bridgehead atoms. The molecule has 0 saturated carbocycles. The number of carbonyl (C=O) groups excluding carboxylic acids is 1. The van der Waals surface area contributed by atoms with E-state index in [4.69, 9.17) is 0 Å². The second-order valence-corrected chi connectivity index (χ2v) is 5.17. The first kappa shape index (κ1) is 14.1. The maximum atomic E-state index is 12.3. The molecule has 3 rings (SSSR count). The highest BCUT2D eigenvalue weighted by Gasteiger charge is 2.09. The van der Waals surface area contributed by atoms with Gasteiger partial charge >= 0.3 is 0 Å². The van der Waals surface area contributed by atoms with Gasteiger partial charge in [0.1, 0.15) is 6.54 Å². The molecule has 110 valence electrons. The Morgan fingerprint density at radius 3 is 2.50 bits per heavy atom. The Kier molecular flexibility index (Phi) is 3.74. The predicted molar refractivity (Wildman–Crippen MR) is 88.0 cm³/mol. The molecular weight excluding hydrogens is 276 g/mol. The van der Waals surface area contributed by atoms with Gasteiger partial charge in [-0.25, -0.2) is 0 Å². The predicted octanol–water partition coefficient (Wildman–Crippen LogP) is 2.95. The number of fused-ring (bicyclic) bond motifs is 1. The summed E-state index contributed by atoms with van der Waals surface area (Å²) in [6.45, 7) is 2.01. The lowest BCUT2D eigenvalue weighted by Crippen LogP contribution is -2.22. The minimum atomic E-state index is -0.122. The quantitative estimate of drug-likeness (QED) is 0.807. The smallest absolute Gasteiger partial charge is 0.244 e. The van der Waals surface area contributed by atoms with Crippen LogP contribution in [0, 0.1) is 6.92 Å². The SMILES string of the molecule is Cc1cc(=O)c2ccccc2n1CC(=O)Nc1ccccc1. The minimum Gasteiger partial charge on any atom is -0.335 e. The van der Waals surface area contributed by atoms with E-state index in [1.807, 2.05) is 60.0 Å². The number of rotatable bonds is 3. The summed E-state index contributed by atoms with van der Waals surface area (Å²) in [7, 11) is 0. The normalized spacial score (nSPS) is 10.6. The van der Waals surface area contributed by atoms with Crippen molar-refractivity contribution in [2.24, 2.45) is 0 Å². The van der Waals surface area contributed by atoms with E-state index in [1.165, 1.54) is 0 Å². The zero-order chi connectivity index (χ0) is 15.5. The van der Waals surface area contributed by atoms with Crippen molar-refractivity contribution in [3.63, 3.8) is 0 Å². The lowest BCUT2D eigenvalue weighted by Gasteiger charge is -2.14. The van der Waals surface area contributed by atoms with E-state index >= 15 is 0 Å². The molecule has 1 amide bonds. The second-order valence-electron chi connectivity index (χ2n) is 5.17.